The summed E-state index contributed by atoms with van der Waals surface area (Å²) in [5.74, 6) is 0.449. The number of carbonyl (C=O) groups is 2. The average Bonchev–Trinajstić information content (AvgIpc) is 3.28. The molecule has 0 bridgehead atoms. The Labute approximate surface area is 192 Å². The van der Waals surface area contributed by atoms with Gasteiger partial charge in [0.2, 0.25) is 6.79 Å². The molecule has 1 amide bonds. The molecule has 160 valence electrons. The van der Waals surface area contributed by atoms with Gasteiger partial charge in [0.05, 0.1) is 6.21 Å². The van der Waals surface area contributed by atoms with Gasteiger partial charge in [-0.25, -0.2) is 10.2 Å². The fourth-order valence-corrected chi connectivity index (χ4v) is 3.23. The van der Waals surface area contributed by atoms with Crippen LogP contribution >= 0.6 is 15.9 Å². The molecule has 0 radical (unpaired) electrons. The maximum atomic E-state index is 12.4. The van der Waals surface area contributed by atoms with Crippen LogP contribution in [0.3, 0.4) is 0 Å². The van der Waals surface area contributed by atoms with Crippen molar-refractivity contribution < 1.29 is 23.8 Å². The predicted molar refractivity (Wildman–Crippen MR) is 123 cm³/mol. The van der Waals surface area contributed by atoms with Crippen LogP contribution < -0.4 is 19.6 Å². The van der Waals surface area contributed by atoms with Crippen LogP contribution in [-0.2, 0) is 4.79 Å². The number of benzene rings is 3. The van der Waals surface area contributed by atoms with Crippen LogP contribution in [0.4, 0.5) is 0 Å². The number of esters is 1. The zero-order chi connectivity index (χ0) is 22.3. The van der Waals surface area contributed by atoms with Gasteiger partial charge in [0.25, 0.3) is 5.91 Å². The average molecular weight is 493 g/mol. The molecule has 0 aliphatic carbocycles. The minimum absolute atomic E-state index is 0.128. The Bertz CT molecular complexity index is 1210. The minimum atomic E-state index is -0.532. The van der Waals surface area contributed by atoms with Crippen LogP contribution in [0.1, 0.15) is 21.5 Å². The number of hydrazone groups is 1. The van der Waals surface area contributed by atoms with Gasteiger partial charge >= 0.3 is 5.97 Å². The van der Waals surface area contributed by atoms with E-state index in [0.717, 1.165) is 10.0 Å². The second-order valence-electron chi connectivity index (χ2n) is 6.61. The zero-order valence-electron chi connectivity index (χ0n) is 16.7. The van der Waals surface area contributed by atoms with E-state index in [1.165, 1.54) is 12.3 Å². The van der Waals surface area contributed by atoms with Gasteiger partial charge in [-0.05, 0) is 48.0 Å². The molecule has 0 fully saturated rings. The molecule has 0 aromatic heterocycles. The summed E-state index contributed by atoms with van der Waals surface area (Å²) in [5.41, 5.74) is 4.21. The molecule has 1 aliphatic heterocycles. The van der Waals surface area contributed by atoms with E-state index >= 15 is 0 Å². The summed E-state index contributed by atoms with van der Waals surface area (Å²) in [6.45, 7) is 0.128. The Hall–Kier alpha value is -3.91. The number of hydrogen-bond acceptors (Lipinski definition) is 6. The first-order valence-electron chi connectivity index (χ1n) is 9.56. The van der Waals surface area contributed by atoms with Crippen molar-refractivity contribution in [3.05, 3.63) is 94.0 Å². The van der Waals surface area contributed by atoms with Crippen molar-refractivity contribution in [2.24, 2.45) is 5.10 Å². The maximum absolute atomic E-state index is 12.4. The first-order valence-corrected chi connectivity index (χ1v) is 10.4. The monoisotopic (exact) mass is 492 g/mol. The molecule has 1 heterocycles. The third-order valence-corrected chi connectivity index (χ3v) is 4.89. The molecule has 0 unspecified atom stereocenters. The third-order valence-electron chi connectivity index (χ3n) is 4.40. The first kappa shape index (κ1) is 21.3. The van der Waals surface area contributed by atoms with Crippen molar-refractivity contribution in [2.75, 3.05) is 6.79 Å². The normalized spacial score (nSPS) is 12.3. The highest BCUT2D eigenvalue weighted by Crippen LogP contribution is 2.32. The first-order chi connectivity index (χ1) is 15.6. The molecule has 8 heteroatoms. The molecular weight excluding hydrogens is 476 g/mol. The number of hydrogen-bond donors (Lipinski definition) is 1. The number of nitrogens with one attached hydrogen (secondary N) is 1. The fraction of sp³-hybridized carbons (Fsp3) is 0.0417. The number of nitrogens with zero attached hydrogens (tertiary/aromatic N) is 1. The molecule has 3 aromatic rings. The van der Waals surface area contributed by atoms with E-state index in [0.29, 0.717) is 28.4 Å². The van der Waals surface area contributed by atoms with Crippen LogP contribution in [-0.4, -0.2) is 24.9 Å². The fourth-order valence-electron chi connectivity index (χ4n) is 2.85. The lowest BCUT2D eigenvalue weighted by molar-refractivity contribution is -0.128. The van der Waals surface area contributed by atoms with Gasteiger partial charge < -0.3 is 14.2 Å². The van der Waals surface area contributed by atoms with Gasteiger partial charge in [-0.1, -0.05) is 46.3 Å². The van der Waals surface area contributed by atoms with Crippen molar-refractivity contribution in [1.29, 1.82) is 0 Å². The SMILES string of the molecule is O=C(/C=C/c1ccccc1)Oc1ccc(Br)cc1/C=N\NC(=O)c1ccc2c(c1)OCO2. The number of rotatable bonds is 6. The van der Waals surface area contributed by atoms with Crippen molar-refractivity contribution >= 4 is 40.1 Å². The van der Waals surface area contributed by atoms with Gasteiger partial charge in [-0.2, -0.15) is 5.10 Å². The Morgan fingerprint density at radius 3 is 2.66 bits per heavy atom. The lowest BCUT2D eigenvalue weighted by atomic mass is 10.2. The highest BCUT2D eigenvalue weighted by molar-refractivity contribution is 9.10. The van der Waals surface area contributed by atoms with Gasteiger partial charge in [0.1, 0.15) is 5.75 Å². The number of amides is 1. The Morgan fingerprint density at radius 2 is 1.81 bits per heavy atom. The van der Waals surface area contributed by atoms with Gasteiger partial charge in [-0.15, -0.1) is 0 Å². The quantitative estimate of drug-likeness (QED) is 0.179. The third kappa shape index (κ3) is 5.41. The topological polar surface area (TPSA) is 86.2 Å². The summed E-state index contributed by atoms with van der Waals surface area (Å²) >= 11 is 3.38. The minimum Gasteiger partial charge on any atom is -0.454 e. The number of carbonyl (C=O) groups excluding carboxylic acids is 2. The summed E-state index contributed by atoms with van der Waals surface area (Å²) in [5, 5.41) is 3.99. The Kier molecular flexibility index (Phi) is 6.62. The molecule has 0 saturated heterocycles. The van der Waals surface area contributed by atoms with Crippen LogP contribution in [0.5, 0.6) is 17.2 Å². The number of fused-ring (bicyclic) bond motifs is 1. The number of ether oxygens (including phenoxy) is 3. The Morgan fingerprint density at radius 1 is 1.00 bits per heavy atom. The van der Waals surface area contributed by atoms with Crippen molar-refractivity contribution in [2.45, 2.75) is 0 Å². The van der Waals surface area contributed by atoms with Gasteiger partial charge in [0, 0.05) is 21.7 Å². The van der Waals surface area contributed by atoms with Gasteiger partial charge in [-0.3, -0.25) is 4.79 Å². The van der Waals surface area contributed by atoms with Crippen LogP contribution in [0.15, 0.2) is 82.4 Å². The highest BCUT2D eigenvalue weighted by Gasteiger charge is 2.16. The Balaban J connectivity index is 1.42. The van der Waals surface area contributed by atoms with Crippen LogP contribution in [0.25, 0.3) is 6.08 Å². The molecule has 4 rings (SSSR count). The van der Waals surface area contributed by atoms with Crippen LogP contribution in [0, 0.1) is 0 Å². The standard InChI is InChI=1S/C24H17BrN2O5/c25-19-8-10-20(32-23(28)11-6-16-4-2-1-3-5-16)18(12-19)14-26-27-24(29)17-7-9-21-22(13-17)31-15-30-21/h1-14H,15H2,(H,27,29)/b11-6+,26-14-. The molecule has 0 saturated carbocycles. The van der Waals surface area contributed by atoms with Crippen molar-refractivity contribution in [1.82, 2.24) is 5.43 Å². The second-order valence-corrected chi connectivity index (χ2v) is 7.53. The lowest BCUT2D eigenvalue weighted by Crippen LogP contribution is -2.17. The summed E-state index contributed by atoms with van der Waals surface area (Å²) < 4.78 is 16.7. The molecule has 1 N–H and O–H groups in total. The molecule has 1 aliphatic rings. The number of halogens is 1. The maximum Gasteiger partial charge on any atom is 0.336 e. The zero-order valence-corrected chi connectivity index (χ0v) is 18.2. The highest BCUT2D eigenvalue weighted by atomic mass is 79.9. The van der Waals surface area contributed by atoms with Crippen molar-refractivity contribution in [3.63, 3.8) is 0 Å². The summed E-state index contributed by atoms with van der Waals surface area (Å²) in [7, 11) is 0. The van der Waals surface area contributed by atoms with E-state index in [4.69, 9.17) is 14.2 Å². The van der Waals surface area contributed by atoms with E-state index in [1.807, 2.05) is 30.3 Å². The van der Waals surface area contributed by atoms with Gasteiger partial charge in [0.15, 0.2) is 11.5 Å². The second kappa shape index (κ2) is 9.93. The van der Waals surface area contributed by atoms with E-state index in [2.05, 4.69) is 26.5 Å². The molecule has 3 aromatic carbocycles. The summed E-state index contributed by atoms with van der Waals surface area (Å²) in [4.78, 5) is 24.6. The molecule has 32 heavy (non-hydrogen) atoms. The van der Waals surface area contributed by atoms with Crippen molar-refractivity contribution in [3.8, 4) is 17.2 Å². The molecule has 0 spiro atoms. The van der Waals surface area contributed by atoms with E-state index in [1.54, 1.807) is 42.5 Å². The predicted octanol–water partition coefficient (Wildman–Crippen LogP) is 4.56. The summed E-state index contributed by atoms with van der Waals surface area (Å²) in [6.07, 6.45) is 4.42. The summed E-state index contributed by atoms with van der Waals surface area (Å²) in [6, 6.07) is 19.4. The lowest BCUT2D eigenvalue weighted by Gasteiger charge is -2.06. The molecular formula is C24H17BrN2O5. The van der Waals surface area contributed by atoms with E-state index in [9.17, 15) is 9.59 Å². The van der Waals surface area contributed by atoms with E-state index in [-0.39, 0.29) is 6.79 Å². The molecule has 0 atom stereocenters. The van der Waals surface area contributed by atoms with E-state index < -0.39 is 11.9 Å². The molecule has 7 nitrogen and oxygen atoms in total. The van der Waals surface area contributed by atoms with Crippen LogP contribution in [0.2, 0.25) is 0 Å². The smallest absolute Gasteiger partial charge is 0.336 e. The largest absolute Gasteiger partial charge is 0.454 e.